The van der Waals surface area contributed by atoms with Crippen LogP contribution in [0.15, 0.2) is 40.9 Å². The largest absolute Gasteiger partial charge is 0.393 e. The maximum absolute atomic E-state index is 12.1. The Morgan fingerprint density at radius 2 is 2.14 bits per heavy atom. The standard InChI is InChI=1S/C17H20N2O3/c1-11(20)7-12-8-14(9-12)18-17(21)15-10-16(22-19-15)13-5-3-2-4-6-13/h2-6,10-12,14,20H,7-9H2,1H3,(H,18,21)/t11-,12-,14+/m1/s1. The molecule has 1 saturated carbocycles. The smallest absolute Gasteiger partial charge is 0.273 e. The van der Waals surface area contributed by atoms with Crippen molar-refractivity contribution in [3.63, 3.8) is 0 Å². The van der Waals surface area contributed by atoms with Crippen LogP contribution < -0.4 is 5.32 Å². The van der Waals surface area contributed by atoms with E-state index < -0.39 is 0 Å². The van der Waals surface area contributed by atoms with Gasteiger partial charge >= 0.3 is 0 Å². The van der Waals surface area contributed by atoms with Gasteiger partial charge in [0.1, 0.15) is 0 Å². The zero-order chi connectivity index (χ0) is 15.5. The van der Waals surface area contributed by atoms with Crippen LogP contribution in [0.25, 0.3) is 11.3 Å². The van der Waals surface area contributed by atoms with Crippen LogP contribution in [-0.2, 0) is 0 Å². The normalized spacial score (nSPS) is 21.9. The molecule has 0 spiro atoms. The van der Waals surface area contributed by atoms with Crippen LogP contribution in [0.5, 0.6) is 0 Å². The summed E-state index contributed by atoms with van der Waals surface area (Å²) in [6.07, 6.45) is 2.36. The lowest BCUT2D eigenvalue weighted by molar-refractivity contribution is 0.0824. The molecule has 0 aliphatic heterocycles. The molecule has 1 amide bonds. The van der Waals surface area contributed by atoms with Gasteiger partial charge in [-0.3, -0.25) is 4.79 Å². The molecule has 2 aromatic rings. The van der Waals surface area contributed by atoms with Crippen molar-refractivity contribution in [2.45, 2.75) is 38.3 Å². The number of nitrogens with zero attached hydrogens (tertiary/aromatic N) is 1. The predicted octanol–water partition coefficient (Wildman–Crippen LogP) is 2.62. The van der Waals surface area contributed by atoms with Crippen LogP contribution in [0, 0.1) is 5.92 Å². The van der Waals surface area contributed by atoms with Gasteiger partial charge in [0, 0.05) is 17.7 Å². The summed E-state index contributed by atoms with van der Waals surface area (Å²) in [5.74, 6) is 0.889. The Morgan fingerprint density at radius 1 is 1.41 bits per heavy atom. The predicted molar refractivity (Wildman–Crippen MR) is 82.2 cm³/mol. The van der Waals surface area contributed by atoms with Crippen molar-refractivity contribution in [1.29, 1.82) is 0 Å². The molecule has 1 aromatic carbocycles. The van der Waals surface area contributed by atoms with E-state index in [2.05, 4.69) is 10.5 Å². The molecule has 1 fully saturated rings. The maximum atomic E-state index is 12.1. The second-order valence-electron chi connectivity index (χ2n) is 6.03. The molecule has 0 saturated heterocycles. The van der Waals surface area contributed by atoms with Gasteiger partial charge in [-0.1, -0.05) is 35.5 Å². The van der Waals surface area contributed by atoms with Crippen LogP contribution in [0.4, 0.5) is 0 Å². The van der Waals surface area contributed by atoms with Crippen molar-refractivity contribution in [1.82, 2.24) is 10.5 Å². The van der Waals surface area contributed by atoms with Crippen LogP contribution in [0.1, 0.15) is 36.7 Å². The Morgan fingerprint density at radius 3 is 2.82 bits per heavy atom. The number of benzene rings is 1. The molecule has 5 nitrogen and oxygen atoms in total. The second kappa shape index (κ2) is 6.32. The summed E-state index contributed by atoms with van der Waals surface area (Å²) in [5.41, 5.74) is 1.20. The van der Waals surface area contributed by atoms with Gasteiger partial charge in [-0.15, -0.1) is 0 Å². The number of carbonyl (C=O) groups is 1. The molecular formula is C17H20N2O3. The van der Waals surface area contributed by atoms with Gasteiger partial charge in [0.05, 0.1) is 6.10 Å². The monoisotopic (exact) mass is 300 g/mol. The minimum atomic E-state index is -0.273. The van der Waals surface area contributed by atoms with Gasteiger partial charge in [-0.25, -0.2) is 0 Å². The van der Waals surface area contributed by atoms with E-state index >= 15 is 0 Å². The van der Waals surface area contributed by atoms with Crippen LogP contribution in [0.2, 0.25) is 0 Å². The topological polar surface area (TPSA) is 75.4 Å². The summed E-state index contributed by atoms with van der Waals surface area (Å²) in [6.45, 7) is 1.80. The summed E-state index contributed by atoms with van der Waals surface area (Å²) in [7, 11) is 0. The highest BCUT2D eigenvalue weighted by molar-refractivity contribution is 5.93. The van der Waals surface area contributed by atoms with E-state index in [-0.39, 0.29) is 18.1 Å². The highest BCUT2D eigenvalue weighted by atomic mass is 16.5. The number of nitrogens with one attached hydrogen (secondary N) is 1. The molecule has 1 aromatic heterocycles. The molecule has 1 heterocycles. The van der Waals surface area contributed by atoms with E-state index in [1.165, 1.54) is 0 Å². The Hall–Kier alpha value is -2.14. The third-order valence-electron chi connectivity index (χ3n) is 4.05. The average Bonchev–Trinajstić information content (AvgIpc) is 2.95. The zero-order valence-electron chi connectivity index (χ0n) is 12.5. The van der Waals surface area contributed by atoms with E-state index in [1.54, 1.807) is 13.0 Å². The van der Waals surface area contributed by atoms with Gasteiger partial charge < -0.3 is 14.9 Å². The van der Waals surface area contributed by atoms with Crippen LogP contribution in [0.3, 0.4) is 0 Å². The summed E-state index contributed by atoms with van der Waals surface area (Å²) in [6, 6.07) is 11.4. The van der Waals surface area contributed by atoms with Crippen LogP contribution in [-0.4, -0.2) is 28.3 Å². The Balaban J connectivity index is 1.55. The molecule has 0 unspecified atom stereocenters. The first-order valence-electron chi connectivity index (χ1n) is 7.63. The molecule has 5 heteroatoms. The summed E-state index contributed by atoms with van der Waals surface area (Å²) < 4.78 is 5.23. The number of amides is 1. The lowest BCUT2D eigenvalue weighted by Gasteiger charge is -2.36. The van der Waals surface area contributed by atoms with E-state index in [0.717, 1.165) is 24.8 Å². The van der Waals surface area contributed by atoms with Gasteiger partial charge in [0.25, 0.3) is 5.91 Å². The van der Waals surface area contributed by atoms with Gasteiger partial charge in [-0.2, -0.15) is 0 Å². The van der Waals surface area contributed by atoms with Gasteiger partial charge in [0.2, 0.25) is 0 Å². The van der Waals surface area contributed by atoms with Crippen molar-refractivity contribution >= 4 is 5.91 Å². The molecule has 1 atom stereocenters. The van der Waals surface area contributed by atoms with Crippen LogP contribution >= 0.6 is 0 Å². The van der Waals surface area contributed by atoms with Crippen molar-refractivity contribution < 1.29 is 14.4 Å². The van der Waals surface area contributed by atoms with Crippen molar-refractivity contribution in [2.75, 3.05) is 0 Å². The van der Waals surface area contributed by atoms with Gasteiger partial charge in [-0.05, 0) is 32.1 Å². The van der Waals surface area contributed by atoms with E-state index in [4.69, 9.17) is 4.52 Å². The minimum absolute atomic E-state index is 0.174. The number of aliphatic hydroxyl groups is 1. The zero-order valence-corrected chi connectivity index (χ0v) is 12.5. The van der Waals surface area contributed by atoms with Crippen molar-refractivity contribution in [3.05, 3.63) is 42.1 Å². The fraction of sp³-hybridized carbons (Fsp3) is 0.412. The van der Waals surface area contributed by atoms with E-state index in [0.29, 0.717) is 17.4 Å². The van der Waals surface area contributed by atoms with Gasteiger partial charge in [0.15, 0.2) is 11.5 Å². The maximum Gasteiger partial charge on any atom is 0.273 e. The first-order chi connectivity index (χ1) is 10.6. The summed E-state index contributed by atoms with van der Waals surface area (Å²) in [5, 5.41) is 16.1. The second-order valence-corrected chi connectivity index (χ2v) is 6.03. The fourth-order valence-electron chi connectivity index (χ4n) is 2.91. The van der Waals surface area contributed by atoms with Crippen molar-refractivity contribution in [2.24, 2.45) is 5.92 Å². The minimum Gasteiger partial charge on any atom is -0.393 e. The number of hydrogen-bond acceptors (Lipinski definition) is 4. The lowest BCUT2D eigenvalue weighted by Crippen LogP contribution is -2.45. The highest BCUT2D eigenvalue weighted by Gasteiger charge is 2.31. The lowest BCUT2D eigenvalue weighted by atomic mass is 9.77. The third kappa shape index (κ3) is 3.36. The Labute approximate surface area is 129 Å². The SMILES string of the molecule is C[C@@H](O)C[C@H]1C[C@@H](NC(=O)c2cc(-c3ccccc3)on2)C1. The molecule has 2 N–H and O–H groups in total. The molecule has 116 valence electrons. The Kier molecular flexibility index (Phi) is 4.24. The van der Waals surface area contributed by atoms with E-state index in [1.807, 2.05) is 30.3 Å². The number of hydrogen-bond donors (Lipinski definition) is 2. The van der Waals surface area contributed by atoms with Crippen molar-refractivity contribution in [3.8, 4) is 11.3 Å². The molecule has 1 aliphatic rings. The summed E-state index contributed by atoms with van der Waals surface area (Å²) >= 11 is 0. The first kappa shape index (κ1) is 14.8. The number of carbonyl (C=O) groups excluding carboxylic acids is 1. The number of aliphatic hydroxyl groups excluding tert-OH is 1. The number of rotatable bonds is 5. The molecule has 1 aliphatic carbocycles. The molecular weight excluding hydrogens is 280 g/mol. The highest BCUT2D eigenvalue weighted by Crippen LogP contribution is 2.31. The van der Waals surface area contributed by atoms with E-state index in [9.17, 15) is 9.90 Å². The average molecular weight is 300 g/mol. The molecule has 22 heavy (non-hydrogen) atoms. The fourth-order valence-corrected chi connectivity index (χ4v) is 2.91. The molecule has 0 bridgehead atoms. The molecule has 3 rings (SSSR count). The summed E-state index contributed by atoms with van der Waals surface area (Å²) in [4.78, 5) is 12.1. The third-order valence-corrected chi connectivity index (χ3v) is 4.05. The molecule has 0 radical (unpaired) electrons. The number of aromatic nitrogens is 1. The quantitative estimate of drug-likeness (QED) is 0.890. The first-order valence-corrected chi connectivity index (χ1v) is 7.63. The Bertz CT molecular complexity index is 630.